The zero-order valence-corrected chi connectivity index (χ0v) is 23.0. The maximum absolute atomic E-state index is 11.8. The number of carbonyl (C=O) groups excluding carboxylic acids is 3. The van der Waals surface area contributed by atoms with Gasteiger partial charge in [0.05, 0.1) is 0 Å². The number of nitrogens with zero attached hydrogens (tertiary/aromatic N) is 2. The van der Waals surface area contributed by atoms with E-state index < -0.39 is 0 Å². The normalized spacial score (nSPS) is 18.6. The Bertz CT molecular complexity index is 620. The van der Waals surface area contributed by atoms with Gasteiger partial charge in [0, 0.05) is 48.5 Å². The molecule has 0 aromatic carbocycles. The minimum Gasteiger partial charge on any atom is -0.351 e. The van der Waals surface area contributed by atoms with Gasteiger partial charge in [-0.25, -0.2) is 0 Å². The number of rotatable bonds is 2. The van der Waals surface area contributed by atoms with Crippen molar-refractivity contribution in [3.8, 4) is 0 Å². The average molecular weight is 454 g/mol. The molecule has 0 bridgehead atoms. The lowest BCUT2D eigenvalue weighted by Gasteiger charge is -2.29. The Morgan fingerprint density at radius 3 is 1.66 bits per heavy atom. The molecule has 2 fully saturated rings. The molecule has 2 aliphatic rings. The molecule has 32 heavy (non-hydrogen) atoms. The minimum atomic E-state index is -0.231. The molecule has 1 saturated heterocycles. The Kier molecular flexibility index (Phi) is 11.4. The van der Waals surface area contributed by atoms with E-state index in [1.54, 1.807) is 4.90 Å². The van der Waals surface area contributed by atoms with E-state index >= 15 is 0 Å². The van der Waals surface area contributed by atoms with Crippen LogP contribution < -0.4 is 5.32 Å². The minimum absolute atomic E-state index is 0.0559. The Hall–Kier alpha value is -1.59. The second kappa shape index (κ2) is 12.0. The van der Waals surface area contributed by atoms with Crippen molar-refractivity contribution in [2.24, 2.45) is 16.7 Å². The molecule has 1 N–H and O–H groups in total. The number of likely N-dealkylation sites (tertiary alicyclic amines) is 1. The molecule has 1 aliphatic carbocycles. The van der Waals surface area contributed by atoms with Crippen molar-refractivity contribution < 1.29 is 14.4 Å². The maximum atomic E-state index is 11.8. The fraction of sp³-hybridized carbons (Fsp3) is 0.885. The summed E-state index contributed by atoms with van der Waals surface area (Å²) in [7, 11) is 1.83. The molecule has 0 aromatic rings. The molecule has 0 aromatic heterocycles. The van der Waals surface area contributed by atoms with Gasteiger partial charge < -0.3 is 15.1 Å². The first kappa shape index (κ1) is 30.4. The molecule has 188 valence electrons. The third-order valence-corrected chi connectivity index (χ3v) is 5.36. The lowest BCUT2D eigenvalue weighted by atomic mass is 9.94. The van der Waals surface area contributed by atoms with E-state index in [0.717, 1.165) is 25.9 Å². The van der Waals surface area contributed by atoms with Gasteiger partial charge in [0.2, 0.25) is 17.7 Å². The van der Waals surface area contributed by atoms with Gasteiger partial charge in [0.25, 0.3) is 0 Å². The van der Waals surface area contributed by atoms with E-state index in [9.17, 15) is 14.4 Å². The molecular formula is C26H51N3O3. The van der Waals surface area contributed by atoms with E-state index in [0.29, 0.717) is 17.9 Å². The second-order valence-electron chi connectivity index (χ2n) is 12.3. The molecule has 6 nitrogen and oxygen atoms in total. The fourth-order valence-electron chi connectivity index (χ4n) is 3.20. The van der Waals surface area contributed by atoms with Crippen LogP contribution in [-0.4, -0.2) is 59.2 Å². The lowest BCUT2D eigenvalue weighted by Crippen LogP contribution is -2.41. The highest BCUT2D eigenvalue weighted by atomic mass is 16.2. The van der Waals surface area contributed by atoms with Crippen LogP contribution in [0.5, 0.6) is 0 Å². The summed E-state index contributed by atoms with van der Waals surface area (Å²) < 4.78 is 0. The lowest BCUT2D eigenvalue weighted by molar-refractivity contribution is -0.140. The number of nitrogens with one attached hydrogen (secondary N) is 1. The molecule has 3 amide bonds. The molecular weight excluding hydrogens is 402 g/mol. The highest BCUT2D eigenvalue weighted by molar-refractivity contribution is 5.82. The summed E-state index contributed by atoms with van der Waals surface area (Å²) in [5.41, 5.74) is -0.497. The molecule has 1 saturated carbocycles. The van der Waals surface area contributed by atoms with Gasteiger partial charge in [-0.05, 0) is 60.3 Å². The molecule has 1 aliphatic heterocycles. The van der Waals surface area contributed by atoms with Crippen molar-refractivity contribution in [3.63, 3.8) is 0 Å². The topological polar surface area (TPSA) is 69.7 Å². The van der Waals surface area contributed by atoms with Gasteiger partial charge in [-0.2, -0.15) is 0 Å². The summed E-state index contributed by atoms with van der Waals surface area (Å²) in [6, 6.07) is 0.455. The summed E-state index contributed by atoms with van der Waals surface area (Å²) in [6.07, 6.45) is 4.51. The highest BCUT2D eigenvalue weighted by Gasteiger charge is 2.33. The molecule has 1 heterocycles. The Balaban J connectivity index is 0.000000454. The van der Waals surface area contributed by atoms with E-state index in [1.165, 1.54) is 12.8 Å². The van der Waals surface area contributed by atoms with Crippen LogP contribution in [0.3, 0.4) is 0 Å². The summed E-state index contributed by atoms with van der Waals surface area (Å²) in [4.78, 5) is 38.0. The smallest absolute Gasteiger partial charge is 0.228 e. The monoisotopic (exact) mass is 453 g/mol. The Morgan fingerprint density at radius 2 is 1.41 bits per heavy atom. The van der Waals surface area contributed by atoms with Crippen LogP contribution in [0.2, 0.25) is 0 Å². The van der Waals surface area contributed by atoms with Crippen LogP contribution in [0.1, 0.15) is 102 Å². The fourth-order valence-corrected chi connectivity index (χ4v) is 3.20. The zero-order valence-electron chi connectivity index (χ0n) is 23.0. The summed E-state index contributed by atoms with van der Waals surface area (Å²) >= 11 is 0. The standard InChI is InChI=1S/C10H19NO.C8H15NO.C8H17NO/c1-8-6-5-7-11(8)9(12)10(2,3)4;1-8(2,3)9-7(10)6-4-5-6;1-6-9(5)7(10)8(2,3)4/h8H,5-7H2,1-4H3;6H,4-5H2,1-3H3,(H,9,10);6H2,1-5H3. The van der Waals surface area contributed by atoms with Crippen molar-refractivity contribution in [3.05, 3.63) is 0 Å². The quantitative estimate of drug-likeness (QED) is 0.649. The molecule has 0 spiro atoms. The van der Waals surface area contributed by atoms with E-state index in [2.05, 4.69) is 12.2 Å². The summed E-state index contributed by atoms with van der Waals surface area (Å²) in [6.45, 7) is 23.6. The van der Waals surface area contributed by atoms with Gasteiger partial charge in [-0.15, -0.1) is 0 Å². The van der Waals surface area contributed by atoms with Crippen LogP contribution in [0.15, 0.2) is 0 Å². The first-order valence-corrected chi connectivity index (χ1v) is 12.2. The van der Waals surface area contributed by atoms with Gasteiger partial charge in [0.1, 0.15) is 0 Å². The van der Waals surface area contributed by atoms with Crippen molar-refractivity contribution in [2.75, 3.05) is 20.1 Å². The summed E-state index contributed by atoms with van der Waals surface area (Å²) in [5.74, 6) is 1.06. The van der Waals surface area contributed by atoms with E-state index in [4.69, 9.17) is 0 Å². The SMILES string of the molecule is CC(C)(C)NC(=O)C1CC1.CC1CCCN1C(=O)C(C)(C)C.CCN(C)C(=O)C(C)(C)C. The predicted octanol–water partition coefficient (Wildman–Crippen LogP) is 4.87. The number of amides is 3. The van der Waals surface area contributed by atoms with Gasteiger partial charge in [0.15, 0.2) is 0 Å². The molecule has 0 radical (unpaired) electrons. The van der Waals surface area contributed by atoms with Crippen LogP contribution in [-0.2, 0) is 14.4 Å². The van der Waals surface area contributed by atoms with Crippen LogP contribution >= 0.6 is 0 Å². The van der Waals surface area contributed by atoms with Crippen molar-refractivity contribution in [1.29, 1.82) is 0 Å². The first-order chi connectivity index (χ1) is 14.3. The third-order valence-electron chi connectivity index (χ3n) is 5.36. The van der Waals surface area contributed by atoms with Crippen LogP contribution in [0.25, 0.3) is 0 Å². The van der Waals surface area contributed by atoms with Crippen LogP contribution in [0.4, 0.5) is 0 Å². The number of hydrogen-bond acceptors (Lipinski definition) is 3. The Morgan fingerprint density at radius 1 is 0.906 bits per heavy atom. The van der Waals surface area contributed by atoms with Crippen molar-refractivity contribution in [1.82, 2.24) is 15.1 Å². The molecule has 6 heteroatoms. The van der Waals surface area contributed by atoms with Crippen LogP contribution in [0, 0.1) is 16.7 Å². The first-order valence-electron chi connectivity index (χ1n) is 12.2. The van der Waals surface area contributed by atoms with E-state index in [1.807, 2.05) is 81.2 Å². The molecule has 1 unspecified atom stereocenters. The Labute approximate surface area is 197 Å². The predicted molar refractivity (Wildman–Crippen MR) is 133 cm³/mol. The van der Waals surface area contributed by atoms with Gasteiger partial charge >= 0.3 is 0 Å². The highest BCUT2D eigenvalue weighted by Crippen LogP contribution is 2.29. The molecule has 2 rings (SSSR count). The molecule has 1 atom stereocenters. The number of hydrogen-bond donors (Lipinski definition) is 1. The van der Waals surface area contributed by atoms with Crippen molar-refractivity contribution in [2.45, 2.75) is 113 Å². The maximum Gasteiger partial charge on any atom is 0.228 e. The summed E-state index contributed by atoms with van der Waals surface area (Å²) in [5, 5.41) is 2.94. The zero-order chi connectivity index (χ0) is 25.5. The second-order valence-corrected chi connectivity index (χ2v) is 12.3. The van der Waals surface area contributed by atoms with Gasteiger partial charge in [-0.3, -0.25) is 14.4 Å². The third kappa shape index (κ3) is 11.9. The number of carbonyl (C=O) groups is 3. The largest absolute Gasteiger partial charge is 0.351 e. The average Bonchev–Trinajstić information content (AvgIpc) is 3.40. The van der Waals surface area contributed by atoms with E-state index in [-0.39, 0.29) is 28.2 Å². The van der Waals surface area contributed by atoms with Crippen molar-refractivity contribution >= 4 is 17.7 Å². The van der Waals surface area contributed by atoms with Gasteiger partial charge in [-0.1, -0.05) is 41.5 Å².